The Labute approximate surface area is 173 Å². The molecule has 0 fully saturated rings. The van der Waals surface area contributed by atoms with Gasteiger partial charge in [0.1, 0.15) is 0 Å². The molecule has 0 spiro atoms. The summed E-state index contributed by atoms with van der Waals surface area (Å²) < 4.78 is 22.0. The van der Waals surface area contributed by atoms with Crippen LogP contribution in [0.4, 0.5) is 4.79 Å². The Kier molecular flexibility index (Phi) is 14.3. The van der Waals surface area contributed by atoms with Gasteiger partial charge in [0.15, 0.2) is 0 Å². The second-order valence-electron chi connectivity index (χ2n) is 6.71. The monoisotopic (exact) mass is 387 g/mol. The number of rotatable bonds is 10. The molecule has 0 aliphatic rings. The quantitative estimate of drug-likeness (QED) is 0.239. The molecule has 25 heavy (non-hydrogen) atoms. The van der Waals surface area contributed by atoms with Crippen molar-refractivity contribution >= 4 is 19.4 Å². The summed E-state index contributed by atoms with van der Waals surface area (Å²) in [7, 11) is -3.37. The van der Waals surface area contributed by atoms with Crippen LogP contribution in [0.3, 0.4) is 0 Å². The van der Waals surface area contributed by atoms with Gasteiger partial charge in [-0.25, -0.2) is 4.79 Å². The van der Waals surface area contributed by atoms with Gasteiger partial charge in [-0.2, -0.15) is 0 Å². The molecule has 0 heterocycles. The van der Waals surface area contributed by atoms with E-state index in [1.165, 1.54) is 0 Å². The van der Waals surface area contributed by atoms with Gasteiger partial charge in [-0.3, -0.25) is 4.79 Å². The average Bonchev–Trinajstić information content (AvgIpc) is 2.44. The smallest absolute Gasteiger partial charge is 0.799 e. The number of hydrogen-bond acceptors (Lipinski definition) is 6. The number of nitrogens with one attached hydrogen (secondary N) is 1. The van der Waals surface area contributed by atoms with E-state index in [0.717, 1.165) is 0 Å². The fourth-order valence-corrected chi connectivity index (χ4v) is 3.49. The molecule has 1 amide bonds. The van der Waals surface area contributed by atoms with Crippen LogP contribution in [-0.4, -0.2) is 36.7 Å². The Hall–Kier alpha value is -0.0700. The van der Waals surface area contributed by atoms with Crippen LogP contribution in [0.15, 0.2) is 0 Å². The van der Waals surface area contributed by atoms with Crippen molar-refractivity contribution in [1.29, 1.82) is 0 Å². The molecule has 0 aliphatic heterocycles. The Morgan fingerprint density at radius 1 is 1.08 bits per heavy atom. The van der Waals surface area contributed by atoms with Crippen molar-refractivity contribution < 1.29 is 58.1 Å². The van der Waals surface area contributed by atoms with E-state index in [4.69, 9.17) is 9.47 Å². The maximum absolute atomic E-state index is 11.9. The van der Waals surface area contributed by atoms with Crippen LogP contribution in [0.2, 0.25) is 0 Å². The van der Waals surface area contributed by atoms with Gasteiger partial charge in [0.05, 0.1) is 5.92 Å². The summed E-state index contributed by atoms with van der Waals surface area (Å²) in [6.45, 7) is 10.4. The average molecular weight is 387 g/mol. The predicted octanol–water partition coefficient (Wildman–Crippen LogP) is -0.275. The first-order valence-electron chi connectivity index (χ1n) is 8.45. The van der Waals surface area contributed by atoms with Crippen molar-refractivity contribution in [3.05, 3.63) is 0 Å². The molecule has 7 nitrogen and oxygen atoms in total. The second kappa shape index (κ2) is 13.2. The van der Waals surface area contributed by atoms with Crippen LogP contribution in [0.25, 0.3) is 0 Å². The molecule has 0 rings (SSSR count). The number of hydrogen-bond donors (Lipinski definition) is 1. The van der Waals surface area contributed by atoms with Gasteiger partial charge in [-0.15, -0.1) is 0 Å². The first-order valence-corrected chi connectivity index (χ1v) is 10.4. The molecule has 0 radical (unpaired) electrons. The Morgan fingerprint density at radius 3 is 2.08 bits per heavy atom. The van der Waals surface area contributed by atoms with Gasteiger partial charge in [0.25, 0.3) is 6.29 Å². The van der Waals surface area contributed by atoms with Gasteiger partial charge in [0.2, 0.25) is 0 Å². The second-order valence-corrected chi connectivity index (χ2v) is 9.23. The maximum Gasteiger partial charge on any atom is 1.00 e. The minimum absolute atomic E-state index is 0. The Bertz CT molecular complexity index is 458. The van der Waals surface area contributed by atoms with E-state index >= 15 is 0 Å². The molecule has 9 heteroatoms. The molecule has 0 aromatic carbocycles. The van der Waals surface area contributed by atoms with E-state index in [-0.39, 0.29) is 59.8 Å². The summed E-state index contributed by atoms with van der Waals surface area (Å²) in [5.74, 6) is -0.955. The van der Waals surface area contributed by atoms with E-state index in [1.54, 1.807) is 34.6 Å². The van der Waals surface area contributed by atoms with Crippen molar-refractivity contribution in [3.8, 4) is 0 Å². The third-order valence-corrected chi connectivity index (χ3v) is 5.37. The minimum Gasteiger partial charge on any atom is -0.799 e. The fraction of sp³-hybridized carbons (Fsp3) is 0.875. The van der Waals surface area contributed by atoms with Crippen LogP contribution < -0.4 is 39.8 Å². The zero-order valence-electron chi connectivity index (χ0n) is 16.5. The van der Waals surface area contributed by atoms with E-state index < -0.39 is 25.7 Å². The van der Waals surface area contributed by atoms with E-state index in [0.29, 0.717) is 12.8 Å². The van der Waals surface area contributed by atoms with Crippen molar-refractivity contribution in [2.24, 2.45) is 11.8 Å². The topological polar surface area (TPSA) is 105 Å². The fourth-order valence-electron chi connectivity index (χ4n) is 1.80. The molecular weight excluding hydrogens is 356 g/mol. The SMILES string of the molecule is CCCP(=O)([O-])CCC(C)NC(=O)OC(OC(=O)C(C)C)C(C)C.[Na+]. The first kappa shape index (κ1) is 27.2. The molecular formula is C16H31NNaO6P. The standard InChI is InChI=1S/C16H32NO6P.Na/c1-7-9-24(20,21)10-8-13(6)17-16(19)23-15(12(4)5)22-14(18)11(2)3;/h11-13,15H,7-10H2,1-6H3,(H,17,19)(H,20,21);/q;+1/p-1. The summed E-state index contributed by atoms with van der Waals surface area (Å²) in [6.07, 6.45) is -0.592. The molecule has 0 saturated carbocycles. The minimum atomic E-state index is -3.37. The molecule has 0 aromatic rings. The van der Waals surface area contributed by atoms with Crippen LogP contribution in [-0.2, 0) is 18.8 Å². The van der Waals surface area contributed by atoms with E-state index in [9.17, 15) is 19.0 Å². The zero-order valence-corrected chi connectivity index (χ0v) is 19.4. The van der Waals surface area contributed by atoms with Gasteiger partial charge < -0.3 is 24.2 Å². The molecule has 1 N–H and O–H groups in total. The number of alkyl carbamates (subject to hydrolysis) is 1. The largest absolute Gasteiger partial charge is 1.00 e. The summed E-state index contributed by atoms with van der Waals surface area (Å²) >= 11 is 0. The van der Waals surface area contributed by atoms with Crippen molar-refractivity contribution in [2.45, 2.75) is 66.7 Å². The summed E-state index contributed by atoms with van der Waals surface area (Å²) in [5.41, 5.74) is 0. The molecule has 0 saturated heterocycles. The normalized spacial score (nSPS) is 15.7. The Morgan fingerprint density at radius 2 is 1.64 bits per heavy atom. The summed E-state index contributed by atoms with van der Waals surface area (Å²) in [5, 5.41) is 2.57. The summed E-state index contributed by atoms with van der Waals surface area (Å²) in [4.78, 5) is 35.2. The maximum atomic E-state index is 11.9. The summed E-state index contributed by atoms with van der Waals surface area (Å²) in [6, 6.07) is -0.356. The van der Waals surface area contributed by atoms with E-state index in [2.05, 4.69) is 5.32 Å². The Balaban J connectivity index is 0. The number of esters is 1. The van der Waals surface area contributed by atoms with Gasteiger partial charge >= 0.3 is 41.6 Å². The number of carbonyl (C=O) groups excluding carboxylic acids is 2. The number of carbonyl (C=O) groups is 2. The van der Waals surface area contributed by atoms with Crippen molar-refractivity contribution in [3.63, 3.8) is 0 Å². The molecule has 3 atom stereocenters. The van der Waals surface area contributed by atoms with Crippen molar-refractivity contribution in [2.75, 3.05) is 12.3 Å². The van der Waals surface area contributed by atoms with Crippen LogP contribution in [0.1, 0.15) is 54.4 Å². The molecule has 0 bridgehead atoms. The predicted molar refractivity (Wildman–Crippen MR) is 90.9 cm³/mol. The van der Waals surface area contributed by atoms with Gasteiger partial charge in [-0.05, 0) is 25.7 Å². The third kappa shape index (κ3) is 12.8. The van der Waals surface area contributed by atoms with E-state index in [1.807, 2.05) is 6.92 Å². The van der Waals surface area contributed by atoms with Gasteiger partial charge in [-0.1, -0.05) is 41.0 Å². The van der Waals surface area contributed by atoms with Crippen LogP contribution in [0, 0.1) is 11.8 Å². The molecule has 3 unspecified atom stereocenters. The molecule has 0 aliphatic carbocycles. The molecule has 142 valence electrons. The first-order chi connectivity index (χ1) is 11.0. The van der Waals surface area contributed by atoms with Gasteiger partial charge in [0, 0.05) is 19.3 Å². The zero-order chi connectivity index (χ0) is 18.9. The molecule has 0 aromatic heterocycles. The number of amides is 1. The van der Waals surface area contributed by atoms with Crippen LogP contribution in [0.5, 0.6) is 0 Å². The van der Waals surface area contributed by atoms with Crippen LogP contribution >= 0.6 is 7.37 Å². The van der Waals surface area contributed by atoms with Crippen molar-refractivity contribution in [1.82, 2.24) is 5.32 Å². The third-order valence-electron chi connectivity index (χ3n) is 3.30. The number of ether oxygens (including phenoxy) is 2.